The third-order valence-electron chi connectivity index (χ3n) is 3.47. The molecule has 2 aromatic rings. The van der Waals surface area contributed by atoms with Gasteiger partial charge in [0.1, 0.15) is 11.5 Å². The van der Waals surface area contributed by atoms with Crippen molar-refractivity contribution in [2.24, 2.45) is 5.92 Å². The highest BCUT2D eigenvalue weighted by Gasteiger charge is 2.28. The van der Waals surface area contributed by atoms with Gasteiger partial charge in [0.15, 0.2) is 0 Å². The Kier molecular flexibility index (Phi) is 4.19. The first-order valence-electron chi connectivity index (χ1n) is 7.06. The predicted molar refractivity (Wildman–Crippen MR) is 78.9 cm³/mol. The Bertz CT molecular complexity index is 468. The van der Waals surface area contributed by atoms with E-state index in [-0.39, 0.29) is 6.29 Å². The van der Waals surface area contributed by atoms with Crippen LogP contribution < -0.4 is 14.8 Å². The van der Waals surface area contributed by atoms with Crippen LogP contribution in [0.5, 0.6) is 11.5 Å². The van der Waals surface area contributed by atoms with Gasteiger partial charge < -0.3 is 14.8 Å². The highest BCUT2D eigenvalue weighted by atomic mass is 16.7. The standard InChI is InChI=1S/C17H19NO2/c1-3-7-15(8-4-1)19-17(14-11-12-18-13-14)20-16-9-5-2-6-10-16/h1-10,14,17-18H,11-13H2/t14-/m0/s1. The molecule has 0 unspecified atom stereocenters. The smallest absolute Gasteiger partial charge is 0.245 e. The summed E-state index contributed by atoms with van der Waals surface area (Å²) in [7, 11) is 0. The van der Waals surface area contributed by atoms with Crippen LogP contribution in [0.2, 0.25) is 0 Å². The maximum atomic E-state index is 6.04. The van der Waals surface area contributed by atoms with Gasteiger partial charge in [0.05, 0.1) is 0 Å². The van der Waals surface area contributed by atoms with Crippen molar-refractivity contribution < 1.29 is 9.47 Å². The summed E-state index contributed by atoms with van der Waals surface area (Å²) < 4.78 is 12.1. The zero-order chi connectivity index (χ0) is 13.6. The summed E-state index contributed by atoms with van der Waals surface area (Å²) >= 11 is 0. The summed E-state index contributed by atoms with van der Waals surface area (Å²) in [5, 5.41) is 3.36. The highest BCUT2D eigenvalue weighted by molar-refractivity contribution is 5.23. The zero-order valence-electron chi connectivity index (χ0n) is 11.4. The van der Waals surface area contributed by atoms with Crippen molar-refractivity contribution in [1.29, 1.82) is 0 Å². The molecule has 1 N–H and O–H groups in total. The molecule has 1 aliphatic rings. The van der Waals surface area contributed by atoms with E-state index in [1.807, 2.05) is 60.7 Å². The summed E-state index contributed by atoms with van der Waals surface area (Å²) in [6.45, 7) is 1.96. The predicted octanol–water partition coefficient (Wildman–Crippen LogP) is 3.08. The molecule has 1 saturated heterocycles. The molecule has 1 aliphatic heterocycles. The first-order valence-corrected chi connectivity index (χ1v) is 7.06. The first-order chi connectivity index (χ1) is 9.92. The molecule has 1 atom stereocenters. The molecule has 0 spiro atoms. The van der Waals surface area contributed by atoms with Crippen LogP contribution in [0.4, 0.5) is 0 Å². The number of rotatable bonds is 5. The molecular weight excluding hydrogens is 250 g/mol. The second-order valence-electron chi connectivity index (χ2n) is 4.98. The maximum Gasteiger partial charge on any atom is 0.245 e. The van der Waals surface area contributed by atoms with Crippen LogP contribution in [0.3, 0.4) is 0 Å². The molecule has 3 heteroatoms. The Labute approximate surface area is 119 Å². The minimum Gasteiger partial charge on any atom is -0.455 e. The topological polar surface area (TPSA) is 30.5 Å². The van der Waals surface area contributed by atoms with Gasteiger partial charge in [-0.15, -0.1) is 0 Å². The van der Waals surface area contributed by atoms with E-state index in [1.165, 1.54) is 0 Å². The van der Waals surface area contributed by atoms with Crippen LogP contribution in [-0.2, 0) is 0 Å². The molecule has 1 heterocycles. The summed E-state index contributed by atoms with van der Waals surface area (Å²) in [4.78, 5) is 0. The fourth-order valence-electron chi connectivity index (χ4n) is 2.39. The Morgan fingerprint density at radius 3 is 1.85 bits per heavy atom. The van der Waals surface area contributed by atoms with Gasteiger partial charge in [-0.1, -0.05) is 36.4 Å². The van der Waals surface area contributed by atoms with Crippen molar-refractivity contribution in [3.8, 4) is 11.5 Å². The van der Waals surface area contributed by atoms with Crippen molar-refractivity contribution in [1.82, 2.24) is 5.32 Å². The largest absolute Gasteiger partial charge is 0.455 e. The Balaban J connectivity index is 1.73. The van der Waals surface area contributed by atoms with E-state index in [4.69, 9.17) is 9.47 Å². The molecular formula is C17H19NO2. The molecule has 1 fully saturated rings. The minimum atomic E-state index is -0.255. The zero-order valence-corrected chi connectivity index (χ0v) is 11.4. The molecule has 0 bridgehead atoms. The van der Waals surface area contributed by atoms with Gasteiger partial charge in [-0.05, 0) is 37.2 Å². The van der Waals surface area contributed by atoms with E-state index in [2.05, 4.69) is 5.32 Å². The minimum absolute atomic E-state index is 0.255. The molecule has 2 aromatic carbocycles. The number of hydrogen-bond acceptors (Lipinski definition) is 3. The number of nitrogens with one attached hydrogen (secondary N) is 1. The molecule has 0 aromatic heterocycles. The van der Waals surface area contributed by atoms with Gasteiger partial charge in [-0.25, -0.2) is 0 Å². The summed E-state index contributed by atoms with van der Waals surface area (Å²) in [6, 6.07) is 19.7. The van der Waals surface area contributed by atoms with Crippen molar-refractivity contribution in [3.63, 3.8) is 0 Å². The SMILES string of the molecule is c1ccc(OC(Oc2ccccc2)[C@H]2CCNC2)cc1. The lowest BCUT2D eigenvalue weighted by Crippen LogP contribution is -2.34. The Morgan fingerprint density at radius 2 is 1.40 bits per heavy atom. The molecule has 0 radical (unpaired) electrons. The fraction of sp³-hybridized carbons (Fsp3) is 0.294. The van der Waals surface area contributed by atoms with E-state index in [0.717, 1.165) is 31.0 Å². The lowest BCUT2D eigenvalue weighted by Gasteiger charge is -2.25. The van der Waals surface area contributed by atoms with E-state index >= 15 is 0 Å². The van der Waals surface area contributed by atoms with E-state index in [1.54, 1.807) is 0 Å². The number of ether oxygens (including phenoxy) is 2. The molecule has 3 nitrogen and oxygen atoms in total. The first kappa shape index (κ1) is 13.0. The molecule has 3 rings (SSSR count). The second-order valence-corrected chi connectivity index (χ2v) is 4.98. The van der Waals surface area contributed by atoms with Crippen LogP contribution in [0.1, 0.15) is 6.42 Å². The number of hydrogen-bond donors (Lipinski definition) is 1. The van der Waals surface area contributed by atoms with Crippen LogP contribution in [0.15, 0.2) is 60.7 Å². The lowest BCUT2D eigenvalue weighted by atomic mass is 10.1. The van der Waals surface area contributed by atoms with Crippen LogP contribution >= 0.6 is 0 Å². The second kappa shape index (κ2) is 6.44. The normalized spacial score (nSPS) is 18.1. The van der Waals surface area contributed by atoms with Gasteiger partial charge in [0.2, 0.25) is 6.29 Å². The third kappa shape index (κ3) is 3.31. The highest BCUT2D eigenvalue weighted by Crippen LogP contribution is 2.23. The van der Waals surface area contributed by atoms with Crippen molar-refractivity contribution in [2.75, 3.05) is 13.1 Å². The van der Waals surface area contributed by atoms with Gasteiger partial charge in [0.25, 0.3) is 0 Å². The van der Waals surface area contributed by atoms with Gasteiger partial charge in [-0.3, -0.25) is 0 Å². The van der Waals surface area contributed by atoms with Gasteiger partial charge in [-0.2, -0.15) is 0 Å². The van der Waals surface area contributed by atoms with Gasteiger partial charge in [0, 0.05) is 12.5 Å². The number of para-hydroxylation sites is 2. The van der Waals surface area contributed by atoms with E-state index in [0.29, 0.717) is 5.92 Å². The van der Waals surface area contributed by atoms with Crippen LogP contribution in [-0.4, -0.2) is 19.4 Å². The third-order valence-corrected chi connectivity index (χ3v) is 3.47. The Morgan fingerprint density at radius 1 is 0.850 bits per heavy atom. The molecule has 0 saturated carbocycles. The van der Waals surface area contributed by atoms with Crippen molar-refractivity contribution >= 4 is 0 Å². The number of benzene rings is 2. The monoisotopic (exact) mass is 269 g/mol. The van der Waals surface area contributed by atoms with Gasteiger partial charge >= 0.3 is 0 Å². The lowest BCUT2D eigenvalue weighted by molar-refractivity contribution is -0.0347. The summed E-state index contributed by atoms with van der Waals surface area (Å²) in [5.41, 5.74) is 0. The summed E-state index contributed by atoms with van der Waals surface area (Å²) in [5.74, 6) is 2.07. The average molecular weight is 269 g/mol. The quantitative estimate of drug-likeness (QED) is 0.846. The Hall–Kier alpha value is -2.00. The molecule has 20 heavy (non-hydrogen) atoms. The molecule has 0 aliphatic carbocycles. The van der Waals surface area contributed by atoms with Crippen LogP contribution in [0, 0.1) is 5.92 Å². The van der Waals surface area contributed by atoms with E-state index in [9.17, 15) is 0 Å². The van der Waals surface area contributed by atoms with Crippen molar-refractivity contribution in [2.45, 2.75) is 12.7 Å². The van der Waals surface area contributed by atoms with E-state index < -0.39 is 0 Å². The maximum absolute atomic E-state index is 6.04. The van der Waals surface area contributed by atoms with Crippen LogP contribution in [0.25, 0.3) is 0 Å². The molecule has 104 valence electrons. The average Bonchev–Trinajstić information content (AvgIpc) is 3.03. The fourth-order valence-corrected chi connectivity index (χ4v) is 2.39. The molecule has 0 amide bonds. The van der Waals surface area contributed by atoms with Crippen molar-refractivity contribution in [3.05, 3.63) is 60.7 Å². The summed E-state index contributed by atoms with van der Waals surface area (Å²) in [6.07, 6.45) is 0.819.